The summed E-state index contributed by atoms with van der Waals surface area (Å²) in [4.78, 5) is 2.49. The van der Waals surface area contributed by atoms with Gasteiger partial charge in [-0.3, -0.25) is 11.3 Å². The zero-order valence-electron chi connectivity index (χ0n) is 14.7. The minimum absolute atomic E-state index is 0.260. The van der Waals surface area contributed by atoms with Crippen LogP contribution in [0.25, 0.3) is 0 Å². The maximum atomic E-state index is 6.09. The molecule has 0 saturated heterocycles. The van der Waals surface area contributed by atoms with Gasteiger partial charge in [-0.25, -0.2) is 0 Å². The van der Waals surface area contributed by atoms with E-state index in [0.29, 0.717) is 6.04 Å². The fraction of sp³-hybridized carbons (Fsp3) is 1.00. The fourth-order valence-corrected chi connectivity index (χ4v) is 5.19. The van der Waals surface area contributed by atoms with Crippen molar-refractivity contribution in [2.75, 3.05) is 14.1 Å². The third-order valence-electron chi connectivity index (χ3n) is 6.60. The predicted octanol–water partition coefficient (Wildman–Crippen LogP) is 3.55. The van der Waals surface area contributed by atoms with Crippen molar-refractivity contribution in [1.29, 1.82) is 0 Å². The van der Waals surface area contributed by atoms with E-state index in [1.165, 1.54) is 57.8 Å². The lowest BCUT2D eigenvalue weighted by atomic mass is 9.65. The first-order chi connectivity index (χ1) is 10.0. The van der Waals surface area contributed by atoms with Crippen LogP contribution >= 0.6 is 0 Å². The number of nitrogens with two attached hydrogens (primary N) is 1. The smallest absolute Gasteiger partial charge is 0.0422 e. The summed E-state index contributed by atoms with van der Waals surface area (Å²) in [6.07, 6.45) is 12.2. The third-order valence-corrected chi connectivity index (χ3v) is 6.60. The van der Waals surface area contributed by atoms with Crippen molar-refractivity contribution in [2.45, 2.75) is 83.2 Å². The molecular weight excluding hydrogens is 258 g/mol. The molecule has 2 aliphatic carbocycles. The van der Waals surface area contributed by atoms with Crippen molar-refractivity contribution in [3.05, 3.63) is 0 Å². The molecule has 3 unspecified atom stereocenters. The number of likely N-dealkylation sites (N-methyl/N-ethyl adjacent to an activating group) is 1. The number of nitrogens with zero attached hydrogens (tertiary/aromatic N) is 1. The van der Waals surface area contributed by atoms with Crippen molar-refractivity contribution in [3.8, 4) is 0 Å². The molecule has 3 N–H and O–H groups in total. The van der Waals surface area contributed by atoms with E-state index in [2.05, 4.69) is 38.3 Å². The monoisotopic (exact) mass is 295 g/mol. The van der Waals surface area contributed by atoms with E-state index in [4.69, 9.17) is 5.84 Å². The van der Waals surface area contributed by atoms with Gasteiger partial charge in [0.2, 0.25) is 0 Å². The van der Waals surface area contributed by atoms with E-state index in [9.17, 15) is 0 Å². The van der Waals surface area contributed by atoms with Gasteiger partial charge in [0.25, 0.3) is 0 Å². The summed E-state index contributed by atoms with van der Waals surface area (Å²) in [5.41, 5.74) is 3.54. The third kappa shape index (κ3) is 3.62. The molecule has 2 saturated carbocycles. The first kappa shape index (κ1) is 17.2. The van der Waals surface area contributed by atoms with Crippen LogP contribution in [0.1, 0.15) is 71.6 Å². The summed E-state index contributed by atoms with van der Waals surface area (Å²) in [7, 11) is 4.53. The second-order valence-corrected chi connectivity index (χ2v) is 8.03. The number of hydrazine groups is 1. The Bertz CT molecular complexity index is 310. The van der Waals surface area contributed by atoms with Gasteiger partial charge in [-0.2, -0.15) is 0 Å². The van der Waals surface area contributed by atoms with Crippen LogP contribution in [0.4, 0.5) is 0 Å². The molecule has 21 heavy (non-hydrogen) atoms. The average molecular weight is 296 g/mol. The van der Waals surface area contributed by atoms with Crippen LogP contribution < -0.4 is 11.3 Å². The summed E-state index contributed by atoms with van der Waals surface area (Å²) in [5.74, 6) is 8.63. The minimum atomic E-state index is 0.260. The highest BCUT2D eigenvalue weighted by atomic mass is 15.3. The lowest BCUT2D eigenvalue weighted by Gasteiger charge is -2.53. The molecule has 2 fully saturated rings. The molecule has 0 radical (unpaired) electrons. The second-order valence-electron chi connectivity index (χ2n) is 8.03. The summed E-state index contributed by atoms with van der Waals surface area (Å²) >= 11 is 0. The molecule has 0 bridgehead atoms. The Balaban J connectivity index is 2.13. The molecule has 3 heteroatoms. The molecule has 0 aromatic carbocycles. The zero-order chi connectivity index (χ0) is 15.5. The topological polar surface area (TPSA) is 41.3 Å². The van der Waals surface area contributed by atoms with Gasteiger partial charge in [0.15, 0.2) is 0 Å². The highest BCUT2D eigenvalue weighted by Crippen LogP contribution is 2.43. The summed E-state index contributed by atoms with van der Waals surface area (Å²) in [5, 5.41) is 0. The quantitative estimate of drug-likeness (QED) is 0.602. The maximum absolute atomic E-state index is 6.09. The molecule has 0 aromatic heterocycles. The van der Waals surface area contributed by atoms with Crippen molar-refractivity contribution >= 4 is 0 Å². The van der Waals surface area contributed by atoms with Crippen LogP contribution in [0.3, 0.4) is 0 Å². The zero-order valence-corrected chi connectivity index (χ0v) is 14.7. The Kier molecular flexibility index (Phi) is 6.10. The lowest BCUT2D eigenvalue weighted by molar-refractivity contribution is 0.00494. The Morgan fingerprint density at radius 2 is 1.86 bits per heavy atom. The van der Waals surface area contributed by atoms with Crippen LogP contribution in [0.2, 0.25) is 0 Å². The standard InChI is InChI=1S/C18H37N3/c1-5-15-8-10-16(11-9-15)17(20-19)18(21(3)4)12-6-7-14(2)13-18/h14-17,20H,5-13,19H2,1-4H3. The normalized spacial score (nSPS) is 39.4. The van der Waals surface area contributed by atoms with Crippen molar-refractivity contribution in [1.82, 2.24) is 10.3 Å². The molecule has 3 nitrogen and oxygen atoms in total. The summed E-state index contributed by atoms with van der Waals surface area (Å²) in [6, 6.07) is 0.452. The number of hydrogen-bond acceptors (Lipinski definition) is 3. The lowest BCUT2D eigenvalue weighted by Crippen LogP contribution is -2.65. The van der Waals surface area contributed by atoms with Gasteiger partial charge in [-0.1, -0.05) is 46.0 Å². The molecule has 0 aliphatic heterocycles. The van der Waals surface area contributed by atoms with Gasteiger partial charge in [0.1, 0.15) is 0 Å². The van der Waals surface area contributed by atoms with Gasteiger partial charge in [0.05, 0.1) is 0 Å². The average Bonchev–Trinajstić information content (AvgIpc) is 2.48. The van der Waals surface area contributed by atoms with E-state index in [0.717, 1.165) is 17.8 Å². The number of nitrogens with one attached hydrogen (secondary N) is 1. The number of rotatable bonds is 5. The van der Waals surface area contributed by atoms with Crippen molar-refractivity contribution in [2.24, 2.45) is 23.6 Å². The molecule has 0 amide bonds. The number of hydrogen-bond donors (Lipinski definition) is 2. The Hall–Kier alpha value is -0.120. The summed E-state index contributed by atoms with van der Waals surface area (Å²) < 4.78 is 0. The molecular formula is C18H37N3. The Morgan fingerprint density at radius 1 is 1.19 bits per heavy atom. The minimum Gasteiger partial charge on any atom is -0.302 e. The van der Waals surface area contributed by atoms with E-state index in [1.807, 2.05) is 0 Å². The van der Waals surface area contributed by atoms with E-state index >= 15 is 0 Å². The highest BCUT2D eigenvalue weighted by molar-refractivity contribution is 5.04. The molecule has 2 aliphatic rings. The Morgan fingerprint density at radius 3 is 2.33 bits per heavy atom. The second kappa shape index (κ2) is 7.43. The van der Waals surface area contributed by atoms with Crippen LogP contribution in [-0.4, -0.2) is 30.6 Å². The van der Waals surface area contributed by atoms with Crippen molar-refractivity contribution < 1.29 is 0 Å². The fourth-order valence-electron chi connectivity index (χ4n) is 5.19. The van der Waals surface area contributed by atoms with Crippen LogP contribution in [-0.2, 0) is 0 Å². The maximum Gasteiger partial charge on any atom is 0.0422 e. The largest absolute Gasteiger partial charge is 0.302 e. The summed E-state index contributed by atoms with van der Waals surface area (Å²) in [6.45, 7) is 4.76. The molecule has 0 heterocycles. The first-order valence-electron chi connectivity index (χ1n) is 9.17. The highest BCUT2D eigenvalue weighted by Gasteiger charge is 2.46. The van der Waals surface area contributed by atoms with E-state index < -0.39 is 0 Å². The Labute approximate surface area is 132 Å². The van der Waals surface area contributed by atoms with Gasteiger partial charge in [-0.05, 0) is 57.5 Å². The molecule has 124 valence electrons. The molecule has 2 rings (SSSR count). The first-order valence-corrected chi connectivity index (χ1v) is 9.17. The van der Waals surface area contributed by atoms with Gasteiger partial charge < -0.3 is 4.90 Å². The molecule has 0 aromatic rings. The van der Waals surface area contributed by atoms with Gasteiger partial charge in [-0.15, -0.1) is 0 Å². The van der Waals surface area contributed by atoms with Crippen LogP contribution in [0, 0.1) is 17.8 Å². The predicted molar refractivity (Wildman–Crippen MR) is 90.9 cm³/mol. The van der Waals surface area contributed by atoms with Crippen LogP contribution in [0.15, 0.2) is 0 Å². The van der Waals surface area contributed by atoms with Crippen LogP contribution in [0.5, 0.6) is 0 Å². The van der Waals surface area contributed by atoms with Crippen molar-refractivity contribution in [3.63, 3.8) is 0 Å². The molecule has 0 spiro atoms. The SMILES string of the molecule is CCC1CCC(C(NN)C2(N(C)C)CCCC(C)C2)CC1. The van der Waals surface area contributed by atoms with Gasteiger partial charge >= 0.3 is 0 Å². The van der Waals surface area contributed by atoms with E-state index in [1.54, 1.807) is 0 Å². The molecule has 3 atom stereocenters. The van der Waals surface area contributed by atoms with E-state index in [-0.39, 0.29) is 5.54 Å². The van der Waals surface area contributed by atoms with Gasteiger partial charge in [0, 0.05) is 11.6 Å².